The van der Waals surface area contributed by atoms with Crippen LogP contribution in [0.4, 0.5) is 4.79 Å². The van der Waals surface area contributed by atoms with Gasteiger partial charge in [0, 0.05) is 6.54 Å². The third-order valence-corrected chi connectivity index (χ3v) is 2.98. The number of nitrogens with one attached hydrogen (secondary N) is 1. The SMILES string of the molecule is COc1cc(C)c(CCNC(=O)O)cc1C(C)C. The first kappa shape index (κ1) is 14.4. The first-order valence-corrected chi connectivity index (χ1v) is 6.10. The van der Waals surface area contributed by atoms with E-state index in [1.165, 1.54) is 0 Å². The summed E-state index contributed by atoms with van der Waals surface area (Å²) >= 11 is 0. The fourth-order valence-electron chi connectivity index (χ4n) is 1.95. The highest BCUT2D eigenvalue weighted by Gasteiger charge is 2.11. The van der Waals surface area contributed by atoms with E-state index in [9.17, 15) is 4.79 Å². The van der Waals surface area contributed by atoms with Gasteiger partial charge in [-0.1, -0.05) is 19.9 Å². The Balaban J connectivity index is 2.91. The number of hydrogen-bond acceptors (Lipinski definition) is 2. The summed E-state index contributed by atoms with van der Waals surface area (Å²) in [6, 6.07) is 4.13. The minimum atomic E-state index is -0.981. The highest BCUT2D eigenvalue weighted by atomic mass is 16.5. The van der Waals surface area contributed by atoms with Crippen LogP contribution in [0.25, 0.3) is 0 Å². The third-order valence-electron chi connectivity index (χ3n) is 2.98. The summed E-state index contributed by atoms with van der Waals surface area (Å²) in [4.78, 5) is 10.4. The van der Waals surface area contributed by atoms with Gasteiger partial charge in [0.2, 0.25) is 0 Å². The zero-order chi connectivity index (χ0) is 13.7. The molecule has 0 fully saturated rings. The van der Waals surface area contributed by atoms with E-state index >= 15 is 0 Å². The lowest BCUT2D eigenvalue weighted by atomic mass is 9.95. The zero-order valence-corrected chi connectivity index (χ0v) is 11.4. The predicted octanol–water partition coefficient (Wildman–Crippen LogP) is 2.94. The van der Waals surface area contributed by atoms with Crippen molar-refractivity contribution in [3.63, 3.8) is 0 Å². The molecule has 0 aliphatic rings. The quantitative estimate of drug-likeness (QED) is 0.846. The van der Waals surface area contributed by atoms with Gasteiger partial charge in [0.05, 0.1) is 7.11 Å². The fourth-order valence-corrected chi connectivity index (χ4v) is 1.95. The maximum atomic E-state index is 10.4. The van der Waals surface area contributed by atoms with Gasteiger partial charge in [0.15, 0.2) is 0 Å². The summed E-state index contributed by atoms with van der Waals surface area (Å²) in [5, 5.41) is 10.9. The summed E-state index contributed by atoms with van der Waals surface area (Å²) in [5.41, 5.74) is 3.45. The fraction of sp³-hybridized carbons (Fsp3) is 0.500. The maximum Gasteiger partial charge on any atom is 0.404 e. The summed E-state index contributed by atoms with van der Waals surface area (Å²) in [6.45, 7) is 6.68. The molecule has 0 saturated heterocycles. The lowest BCUT2D eigenvalue weighted by Crippen LogP contribution is -2.23. The van der Waals surface area contributed by atoms with E-state index in [1.807, 2.05) is 13.0 Å². The van der Waals surface area contributed by atoms with Crippen molar-refractivity contribution < 1.29 is 14.6 Å². The Morgan fingerprint density at radius 3 is 2.61 bits per heavy atom. The first-order valence-electron chi connectivity index (χ1n) is 6.10. The average molecular weight is 251 g/mol. The summed E-state index contributed by atoms with van der Waals surface area (Å²) in [6.07, 6.45) is -0.285. The normalized spacial score (nSPS) is 10.5. The number of benzene rings is 1. The largest absolute Gasteiger partial charge is 0.496 e. The Labute approximate surface area is 108 Å². The monoisotopic (exact) mass is 251 g/mol. The highest BCUT2D eigenvalue weighted by Crippen LogP contribution is 2.29. The van der Waals surface area contributed by atoms with Gasteiger partial charge in [-0.15, -0.1) is 0 Å². The molecule has 0 heterocycles. The summed E-state index contributed by atoms with van der Waals surface area (Å²) in [5.74, 6) is 1.28. The van der Waals surface area contributed by atoms with Crippen LogP contribution in [0, 0.1) is 6.92 Å². The van der Waals surface area contributed by atoms with Crippen LogP contribution in [0.2, 0.25) is 0 Å². The molecular formula is C14H21NO3. The van der Waals surface area contributed by atoms with E-state index < -0.39 is 6.09 Å². The second-order valence-electron chi connectivity index (χ2n) is 4.66. The molecule has 18 heavy (non-hydrogen) atoms. The average Bonchev–Trinajstić information content (AvgIpc) is 2.29. The number of methoxy groups -OCH3 is 1. The molecule has 0 aliphatic carbocycles. The van der Waals surface area contributed by atoms with Crippen molar-refractivity contribution >= 4 is 6.09 Å². The van der Waals surface area contributed by atoms with Crippen molar-refractivity contribution in [3.05, 3.63) is 28.8 Å². The van der Waals surface area contributed by atoms with Gasteiger partial charge in [-0.25, -0.2) is 4.79 Å². The number of aryl methyl sites for hydroxylation is 1. The summed E-state index contributed by atoms with van der Waals surface area (Å²) in [7, 11) is 1.67. The molecule has 0 aromatic heterocycles. The molecule has 0 spiro atoms. The molecule has 1 aromatic carbocycles. The van der Waals surface area contributed by atoms with Crippen molar-refractivity contribution in [2.24, 2.45) is 0 Å². The zero-order valence-electron chi connectivity index (χ0n) is 11.4. The minimum absolute atomic E-state index is 0.381. The second kappa shape index (κ2) is 6.28. The van der Waals surface area contributed by atoms with Crippen molar-refractivity contribution in [1.29, 1.82) is 0 Å². The molecule has 0 unspecified atom stereocenters. The van der Waals surface area contributed by atoms with Crippen LogP contribution in [0.1, 0.15) is 36.5 Å². The van der Waals surface area contributed by atoms with Gasteiger partial charge in [0.1, 0.15) is 5.75 Å². The van der Waals surface area contributed by atoms with Crippen molar-refractivity contribution in [2.45, 2.75) is 33.1 Å². The van der Waals surface area contributed by atoms with Crippen LogP contribution >= 0.6 is 0 Å². The van der Waals surface area contributed by atoms with E-state index in [1.54, 1.807) is 7.11 Å². The standard InChI is InChI=1S/C14H21NO3/c1-9(2)12-8-11(5-6-15-14(16)17)10(3)7-13(12)18-4/h7-9,15H,5-6H2,1-4H3,(H,16,17). The number of carbonyl (C=O) groups is 1. The lowest BCUT2D eigenvalue weighted by Gasteiger charge is -2.16. The van der Waals surface area contributed by atoms with Crippen LogP contribution in [-0.2, 0) is 6.42 Å². The molecule has 0 bridgehead atoms. The molecule has 100 valence electrons. The molecule has 0 saturated carbocycles. The third kappa shape index (κ3) is 3.65. The van der Waals surface area contributed by atoms with Crippen molar-refractivity contribution in [2.75, 3.05) is 13.7 Å². The smallest absolute Gasteiger partial charge is 0.404 e. The van der Waals surface area contributed by atoms with Crippen molar-refractivity contribution in [1.82, 2.24) is 5.32 Å². The van der Waals surface area contributed by atoms with Crippen LogP contribution in [0.3, 0.4) is 0 Å². The topological polar surface area (TPSA) is 58.6 Å². The van der Waals surface area contributed by atoms with Gasteiger partial charge in [-0.05, 0) is 42.0 Å². The lowest BCUT2D eigenvalue weighted by molar-refractivity contribution is 0.194. The van der Waals surface area contributed by atoms with Crippen LogP contribution in [0.5, 0.6) is 5.75 Å². The Morgan fingerprint density at radius 1 is 1.44 bits per heavy atom. The van der Waals surface area contributed by atoms with Gasteiger partial charge in [-0.2, -0.15) is 0 Å². The number of rotatable bonds is 5. The van der Waals surface area contributed by atoms with E-state index in [2.05, 4.69) is 25.2 Å². The molecule has 4 heteroatoms. The van der Waals surface area contributed by atoms with Gasteiger partial charge < -0.3 is 15.2 Å². The number of amides is 1. The summed E-state index contributed by atoms with van der Waals surface area (Å²) < 4.78 is 5.38. The molecule has 0 atom stereocenters. The van der Waals surface area contributed by atoms with Gasteiger partial charge in [0.25, 0.3) is 0 Å². The van der Waals surface area contributed by atoms with E-state index in [4.69, 9.17) is 9.84 Å². The molecule has 4 nitrogen and oxygen atoms in total. The molecule has 1 amide bonds. The Hall–Kier alpha value is -1.71. The van der Waals surface area contributed by atoms with E-state index in [0.717, 1.165) is 22.4 Å². The molecule has 1 aromatic rings. The van der Waals surface area contributed by atoms with E-state index in [0.29, 0.717) is 18.9 Å². The number of carboxylic acid groups (broad SMARTS) is 1. The number of ether oxygens (including phenoxy) is 1. The minimum Gasteiger partial charge on any atom is -0.496 e. The Morgan fingerprint density at radius 2 is 2.11 bits per heavy atom. The van der Waals surface area contributed by atoms with Crippen LogP contribution in [-0.4, -0.2) is 24.9 Å². The molecule has 2 N–H and O–H groups in total. The Kier molecular flexibility index (Phi) is 5.01. The van der Waals surface area contributed by atoms with Crippen LogP contribution in [0.15, 0.2) is 12.1 Å². The molecule has 0 radical (unpaired) electrons. The van der Waals surface area contributed by atoms with Crippen molar-refractivity contribution in [3.8, 4) is 5.75 Å². The molecule has 0 aliphatic heterocycles. The van der Waals surface area contributed by atoms with Gasteiger partial charge in [-0.3, -0.25) is 0 Å². The first-order chi connectivity index (χ1) is 8.45. The predicted molar refractivity (Wildman–Crippen MR) is 71.6 cm³/mol. The molecule has 1 rings (SSSR count). The Bertz CT molecular complexity index is 427. The van der Waals surface area contributed by atoms with Gasteiger partial charge >= 0.3 is 6.09 Å². The highest BCUT2D eigenvalue weighted by molar-refractivity contribution is 5.64. The maximum absolute atomic E-state index is 10.4. The molecular weight excluding hydrogens is 230 g/mol. The number of hydrogen-bond donors (Lipinski definition) is 2. The van der Waals surface area contributed by atoms with E-state index in [-0.39, 0.29) is 0 Å². The second-order valence-corrected chi connectivity index (χ2v) is 4.66. The van der Waals surface area contributed by atoms with Crippen LogP contribution < -0.4 is 10.1 Å².